The number of rotatable bonds is 8. The lowest BCUT2D eigenvalue weighted by Crippen LogP contribution is -2.30. The van der Waals surface area contributed by atoms with Crippen LogP contribution in [0.5, 0.6) is 0 Å². The molecule has 5 heteroatoms. The van der Waals surface area contributed by atoms with Gasteiger partial charge in [0.15, 0.2) is 0 Å². The molecular formula is C20H24N2O3. The predicted octanol–water partition coefficient (Wildman–Crippen LogP) is 2.05. The van der Waals surface area contributed by atoms with Crippen molar-refractivity contribution in [1.82, 2.24) is 10.6 Å². The molecule has 1 atom stereocenters. The molecule has 0 heterocycles. The van der Waals surface area contributed by atoms with Crippen molar-refractivity contribution in [2.24, 2.45) is 0 Å². The van der Waals surface area contributed by atoms with Crippen molar-refractivity contribution in [2.45, 2.75) is 32.4 Å². The summed E-state index contributed by atoms with van der Waals surface area (Å²) in [4.78, 5) is 23.8. The molecule has 0 aliphatic heterocycles. The Labute approximate surface area is 148 Å². The van der Waals surface area contributed by atoms with E-state index in [0.717, 1.165) is 17.5 Å². The molecule has 5 nitrogen and oxygen atoms in total. The molecule has 0 spiro atoms. The molecule has 2 rings (SSSR count). The van der Waals surface area contributed by atoms with Crippen molar-refractivity contribution in [3.05, 3.63) is 71.3 Å². The highest BCUT2D eigenvalue weighted by atomic mass is 16.3. The largest absolute Gasteiger partial charge is 0.392 e. The topological polar surface area (TPSA) is 78.4 Å². The Morgan fingerprint density at radius 3 is 2.28 bits per heavy atom. The van der Waals surface area contributed by atoms with Crippen LogP contribution in [0, 0.1) is 0 Å². The minimum Gasteiger partial charge on any atom is -0.392 e. The van der Waals surface area contributed by atoms with E-state index < -0.39 is 6.10 Å². The number of aryl methyl sites for hydroxylation is 1. The summed E-state index contributed by atoms with van der Waals surface area (Å²) in [6, 6.07) is 17.0. The molecule has 0 aromatic heterocycles. The number of aliphatic hydroxyl groups excluding tert-OH is 1. The number of carbonyl (C=O) groups excluding carboxylic acids is 2. The van der Waals surface area contributed by atoms with Gasteiger partial charge in [-0.15, -0.1) is 0 Å². The molecule has 0 saturated carbocycles. The fraction of sp³-hybridized carbons (Fsp3) is 0.300. The lowest BCUT2D eigenvalue weighted by molar-refractivity contribution is -0.121. The molecule has 2 amide bonds. The molecule has 1 unspecified atom stereocenters. The van der Waals surface area contributed by atoms with Crippen molar-refractivity contribution in [1.29, 1.82) is 0 Å². The maximum Gasteiger partial charge on any atom is 0.251 e. The van der Waals surface area contributed by atoms with Crippen LogP contribution < -0.4 is 10.6 Å². The predicted molar refractivity (Wildman–Crippen MR) is 97.1 cm³/mol. The van der Waals surface area contributed by atoms with E-state index in [4.69, 9.17) is 0 Å². The highest BCUT2D eigenvalue weighted by Gasteiger charge is 2.07. The Morgan fingerprint density at radius 2 is 1.64 bits per heavy atom. The summed E-state index contributed by atoms with van der Waals surface area (Å²) < 4.78 is 0. The number of nitrogens with one attached hydrogen (secondary N) is 2. The summed E-state index contributed by atoms with van der Waals surface area (Å²) in [5.74, 6) is -0.220. The molecule has 2 aromatic carbocycles. The zero-order chi connectivity index (χ0) is 18.1. The minimum atomic E-state index is -0.575. The SMILES string of the molecule is CC(O)CNC(=O)c1ccc(CNC(=O)CCc2ccccc2)cc1. The van der Waals surface area contributed by atoms with Gasteiger partial charge < -0.3 is 15.7 Å². The Morgan fingerprint density at radius 1 is 0.960 bits per heavy atom. The number of hydrogen-bond donors (Lipinski definition) is 3. The van der Waals surface area contributed by atoms with Gasteiger partial charge >= 0.3 is 0 Å². The van der Waals surface area contributed by atoms with Gasteiger partial charge in [-0.1, -0.05) is 42.5 Å². The fourth-order valence-electron chi connectivity index (χ4n) is 2.31. The molecule has 3 N–H and O–H groups in total. The van der Waals surface area contributed by atoms with E-state index in [1.807, 2.05) is 42.5 Å². The van der Waals surface area contributed by atoms with E-state index >= 15 is 0 Å². The Bertz CT molecular complexity index is 682. The molecule has 2 aromatic rings. The maximum absolute atomic E-state index is 11.9. The molecule has 132 valence electrons. The van der Waals surface area contributed by atoms with Crippen molar-refractivity contribution >= 4 is 11.8 Å². The maximum atomic E-state index is 11.9. The first-order chi connectivity index (χ1) is 12.0. The van der Waals surface area contributed by atoms with E-state index in [-0.39, 0.29) is 18.4 Å². The monoisotopic (exact) mass is 340 g/mol. The second kappa shape index (κ2) is 9.59. The number of hydrogen-bond acceptors (Lipinski definition) is 3. The molecule has 0 saturated heterocycles. The highest BCUT2D eigenvalue weighted by molar-refractivity contribution is 5.94. The number of amides is 2. The van der Waals surface area contributed by atoms with Crippen LogP contribution in [0.2, 0.25) is 0 Å². The van der Waals surface area contributed by atoms with Gasteiger partial charge in [-0.2, -0.15) is 0 Å². The Balaban J connectivity index is 1.75. The van der Waals surface area contributed by atoms with E-state index in [2.05, 4.69) is 10.6 Å². The third-order valence-electron chi connectivity index (χ3n) is 3.75. The van der Waals surface area contributed by atoms with Crippen LogP contribution in [0.4, 0.5) is 0 Å². The highest BCUT2D eigenvalue weighted by Crippen LogP contribution is 2.06. The molecule has 0 radical (unpaired) electrons. The standard InChI is InChI=1S/C20H24N2O3/c1-15(23)13-22-20(25)18-10-7-17(8-11-18)14-21-19(24)12-9-16-5-3-2-4-6-16/h2-8,10-11,15,23H,9,12-14H2,1H3,(H,21,24)(H,22,25). The second-order valence-electron chi connectivity index (χ2n) is 6.02. The van der Waals surface area contributed by atoms with Crippen molar-refractivity contribution in [3.63, 3.8) is 0 Å². The summed E-state index contributed by atoms with van der Waals surface area (Å²) in [6.07, 6.45) is 0.591. The Kier molecular flexibility index (Phi) is 7.16. The summed E-state index contributed by atoms with van der Waals surface area (Å²) in [7, 11) is 0. The summed E-state index contributed by atoms with van der Waals surface area (Å²) in [5, 5.41) is 14.7. The van der Waals surface area contributed by atoms with Crippen LogP contribution in [-0.2, 0) is 17.8 Å². The molecule has 0 aliphatic rings. The van der Waals surface area contributed by atoms with Crippen LogP contribution in [0.25, 0.3) is 0 Å². The molecule has 0 bridgehead atoms. The summed E-state index contributed by atoms with van der Waals surface area (Å²) in [6.45, 7) is 2.27. The van der Waals surface area contributed by atoms with E-state index in [1.165, 1.54) is 0 Å². The van der Waals surface area contributed by atoms with Gasteiger partial charge in [0, 0.05) is 25.1 Å². The summed E-state index contributed by atoms with van der Waals surface area (Å²) in [5.41, 5.74) is 2.60. The normalized spacial score (nSPS) is 11.6. The lowest BCUT2D eigenvalue weighted by Gasteiger charge is -2.08. The molecule has 0 aliphatic carbocycles. The average molecular weight is 340 g/mol. The van der Waals surface area contributed by atoms with Crippen molar-refractivity contribution in [3.8, 4) is 0 Å². The third kappa shape index (κ3) is 6.77. The van der Waals surface area contributed by atoms with Gasteiger partial charge in [-0.05, 0) is 36.6 Å². The Hall–Kier alpha value is -2.66. The zero-order valence-electron chi connectivity index (χ0n) is 14.4. The summed E-state index contributed by atoms with van der Waals surface area (Å²) >= 11 is 0. The van der Waals surface area contributed by atoms with Crippen LogP contribution in [0.1, 0.15) is 34.8 Å². The van der Waals surface area contributed by atoms with Crippen LogP contribution in [-0.4, -0.2) is 29.6 Å². The van der Waals surface area contributed by atoms with Gasteiger partial charge in [-0.3, -0.25) is 9.59 Å². The van der Waals surface area contributed by atoms with Crippen molar-refractivity contribution < 1.29 is 14.7 Å². The molecular weight excluding hydrogens is 316 g/mol. The minimum absolute atomic E-state index is 0.00241. The first-order valence-electron chi connectivity index (χ1n) is 8.40. The lowest BCUT2D eigenvalue weighted by atomic mass is 10.1. The van der Waals surface area contributed by atoms with Crippen LogP contribution in [0.3, 0.4) is 0 Å². The van der Waals surface area contributed by atoms with Crippen molar-refractivity contribution in [2.75, 3.05) is 6.54 Å². The molecule has 25 heavy (non-hydrogen) atoms. The van der Waals surface area contributed by atoms with E-state index in [1.54, 1.807) is 19.1 Å². The zero-order valence-corrected chi connectivity index (χ0v) is 14.4. The fourth-order valence-corrected chi connectivity index (χ4v) is 2.31. The average Bonchev–Trinajstić information content (AvgIpc) is 2.64. The van der Waals surface area contributed by atoms with Gasteiger partial charge in [0.05, 0.1) is 6.10 Å². The first kappa shape index (κ1) is 18.7. The number of aliphatic hydroxyl groups is 1. The number of carbonyl (C=O) groups is 2. The van der Waals surface area contributed by atoms with Crippen LogP contribution in [0.15, 0.2) is 54.6 Å². The van der Waals surface area contributed by atoms with Gasteiger partial charge in [0.25, 0.3) is 5.91 Å². The quantitative estimate of drug-likeness (QED) is 0.688. The van der Waals surface area contributed by atoms with Crippen LogP contribution >= 0.6 is 0 Å². The van der Waals surface area contributed by atoms with E-state index in [0.29, 0.717) is 18.5 Å². The number of benzene rings is 2. The first-order valence-corrected chi connectivity index (χ1v) is 8.40. The van der Waals surface area contributed by atoms with E-state index in [9.17, 15) is 14.7 Å². The second-order valence-corrected chi connectivity index (χ2v) is 6.02. The third-order valence-corrected chi connectivity index (χ3v) is 3.75. The van der Waals surface area contributed by atoms with Gasteiger partial charge in [0.1, 0.15) is 0 Å². The van der Waals surface area contributed by atoms with Gasteiger partial charge in [0.2, 0.25) is 5.91 Å². The van der Waals surface area contributed by atoms with Gasteiger partial charge in [-0.25, -0.2) is 0 Å². The molecule has 0 fully saturated rings. The smallest absolute Gasteiger partial charge is 0.251 e.